The van der Waals surface area contributed by atoms with Crippen LogP contribution in [0.25, 0.3) is 0 Å². The Morgan fingerprint density at radius 3 is 2.77 bits per heavy atom. The summed E-state index contributed by atoms with van der Waals surface area (Å²) >= 11 is 0. The summed E-state index contributed by atoms with van der Waals surface area (Å²) in [5.41, 5.74) is 0. The molecule has 0 N–H and O–H groups in total. The molecule has 2 bridgehead atoms. The first-order chi connectivity index (χ1) is 6.31. The van der Waals surface area contributed by atoms with E-state index in [0.29, 0.717) is 0 Å². The molecule has 0 aromatic carbocycles. The zero-order chi connectivity index (χ0) is 9.26. The lowest BCUT2D eigenvalue weighted by Crippen LogP contribution is -2.15. The van der Waals surface area contributed by atoms with E-state index in [0.717, 1.165) is 23.7 Å². The molecule has 0 radical (unpaired) electrons. The van der Waals surface area contributed by atoms with E-state index in [1.807, 2.05) is 0 Å². The Bertz CT molecular complexity index is 224. The van der Waals surface area contributed by atoms with Gasteiger partial charge in [-0.15, -0.1) is 0 Å². The van der Waals surface area contributed by atoms with Crippen molar-refractivity contribution >= 4 is 0 Å². The summed E-state index contributed by atoms with van der Waals surface area (Å²) in [7, 11) is 0. The van der Waals surface area contributed by atoms with Crippen LogP contribution in [0.4, 0.5) is 0 Å². The fraction of sp³-hybridized carbons (Fsp3) is 0.692. The Balaban J connectivity index is 1.91. The zero-order valence-electron chi connectivity index (χ0n) is 8.74. The highest BCUT2D eigenvalue weighted by Gasteiger charge is 2.37. The summed E-state index contributed by atoms with van der Waals surface area (Å²) in [5, 5.41) is 0. The van der Waals surface area contributed by atoms with E-state index >= 15 is 0 Å². The minimum absolute atomic E-state index is 0.885. The maximum atomic E-state index is 2.46. The highest BCUT2D eigenvalue weighted by Crippen LogP contribution is 2.47. The molecule has 0 amide bonds. The first kappa shape index (κ1) is 9.05. The van der Waals surface area contributed by atoms with Gasteiger partial charge in [0, 0.05) is 0 Å². The molecule has 0 aromatic heterocycles. The van der Waals surface area contributed by atoms with Gasteiger partial charge in [0.1, 0.15) is 0 Å². The Morgan fingerprint density at radius 1 is 1.38 bits per heavy atom. The van der Waals surface area contributed by atoms with E-state index in [4.69, 9.17) is 0 Å². The van der Waals surface area contributed by atoms with Crippen LogP contribution in [-0.2, 0) is 0 Å². The second-order valence-electron chi connectivity index (χ2n) is 4.73. The van der Waals surface area contributed by atoms with Gasteiger partial charge in [0.25, 0.3) is 0 Å². The normalized spacial score (nSPS) is 39.1. The summed E-state index contributed by atoms with van der Waals surface area (Å²) < 4.78 is 0. The van der Waals surface area contributed by atoms with Crippen molar-refractivity contribution in [2.75, 3.05) is 0 Å². The lowest BCUT2D eigenvalue weighted by molar-refractivity contribution is 0.311. The second kappa shape index (κ2) is 3.69. The topological polar surface area (TPSA) is 0 Å². The molecule has 4 atom stereocenters. The van der Waals surface area contributed by atoms with Gasteiger partial charge in [-0.1, -0.05) is 31.2 Å². The van der Waals surface area contributed by atoms with Gasteiger partial charge < -0.3 is 0 Å². The molecule has 0 heterocycles. The van der Waals surface area contributed by atoms with Gasteiger partial charge >= 0.3 is 0 Å². The van der Waals surface area contributed by atoms with E-state index in [1.165, 1.54) is 19.3 Å². The Morgan fingerprint density at radius 2 is 2.23 bits per heavy atom. The summed E-state index contributed by atoms with van der Waals surface area (Å²) in [6, 6.07) is 0. The smallest absolute Gasteiger partial charge is 0.0197 e. The third-order valence-corrected chi connectivity index (χ3v) is 3.80. The molecule has 0 saturated heterocycles. The molecule has 0 nitrogen and oxygen atoms in total. The number of hydrogen-bond acceptors (Lipinski definition) is 0. The summed E-state index contributed by atoms with van der Waals surface area (Å²) in [6.07, 6.45) is 13.6. The molecule has 0 aliphatic heterocycles. The van der Waals surface area contributed by atoms with Crippen LogP contribution in [0.15, 0.2) is 24.3 Å². The van der Waals surface area contributed by atoms with Gasteiger partial charge in [0.2, 0.25) is 0 Å². The Labute approximate surface area is 81.7 Å². The van der Waals surface area contributed by atoms with Crippen molar-refractivity contribution in [1.82, 2.24) is 0 Å². The third-order valence-electron chi connectivity index (χ3n) is 3.80. The van der Waals surface area contributed by atoms with Gasteiger partial charge in [-0.2, -0.15) is 0 Å². The molecular formula is C13H20. The maximum Gasteiger partial charge on any atom is -0.0197 e. The minimum Gasteiger partial charge on any atom is -0.0917 e. The van der Waals surface area contributed by atoms with Crippen LogP contribution < -0.4 is 0 Å². The predicted octanol–water partition coefficient (Wildman–Crippen LogP) is 3.80. The highest BCUT2D eigenvalue weighted by molar-refractivity contribution is 5.11. The SMILES string of the molecule is C/C=C\CC(C)C1CC2C=CC1C2. The van der Waals surface area contributed by atoms with Crippen LogP contribution in [0.3, 0.4) is 0 Å². The molecule has 4 unspecified atom stereocenters. The summed E-state index contributed by atoms with van der Waals surface area (Å²) in [5.74, 6) is 3.72. The van der Waals surface area contributed by atoms with E-state index in [2.05, 4.69) is 38.2 Å². The first-order valence-corrected chi connectivity index (χ1v) is 5.60. The number of rotatable bonds is 3. The Kier molecular flexibility index (Phi) is 2.57. The maximum absolute atomic E-state index is 2.46. The molecule has 13 heavy (non-hydrogen) atoms. The number of hydrogen-bond donors (Lipinski definition) is 0. The van der Waals surface area contributed by atoms with E-state index in [1.54, 1.807) is 0 Å². The fourth-order valence-corrected chi connectivity index (χ4v) is 3.00. The average Bonchev–Trinajstić information content (AvgIpc) is 2.74. The van der Waals surface area contributed by atoms with Crippen LogP contribution in [0.2, 0.25) is 0 Å². The van der Waals surface area contributed by atoms with Gasteiger partial charge in [0.05, 0.1) is 0 Å². The summed E-state index contributed by atoms with van der Waals surface area (Å²) in [6.45, 7) is 4.53. The van der Waals surface area contributed by atoms with Crippen LogP contribution >= 0.6 is 0 Å². The molecule has 72 valence electrons. The van der Waals surface area contributed by atoms with Crippen LogP contribution in [0.5, 0.6) is 0 Å². The molecule has 2 aliphatic rings. The van der Waals surface area contributed by atoms with Gasteiger partial charge in [-0.25, -0.2) is 0 Å². The predicted molar refractivity (Wildman–Crippen MR) is 57.4 cm³/mol. The van der Waals surface area contributed by atoms with Gasteiger partial charge in [-0.05, 0) is 49.9 Å². The largest absolute Gasteiger partial charge is 0.0917 e. The van der Waals surface area contributed by atoms with Crippen molar-refractivity contribution in [2.24, 2.45) is 23.7 Å². The van der Waals surface area contributed by atoms with Crippen molar-refractivity contribution in [3.05, 3.63) is 24.3 Å². The first-order valence-electron chi connectivity index (χ1n) is 5.60. The minimum atomic E-state index is 0.885. The fourth-order valence-electron chi connectivity index (χ4n) is 3.00. The van der Waals surface area contributed by atoms with Crippen molar-refractivity contribution in [2.45, 2.75) is 33.1 Å². The van der Waals surface area contributed by atoms with Crippen molar-refractivity contribution in [3.8, 4) is 0 Å². The molecule has 2 rings (SSSR count). The van der Waals surface area contributed by atoms with Crippen molar-refractivity contribution < 1.29 is 0 Å². The second-order valence-corrected chi connectivity index (χ2v) is 4.73. The number of fused-ring (bicyclic) bond motifs is 2. The lowest BCUT2D eigenvalue weighted by atomic mass is 9.81. The highest BCUT2D eigenvalue weighted by atomic mass is 14.4. The molecule has 1 saturated carbocycles. The quantitative estimate of drug-likeness (QED) is 0.574. The average molecular weight is 176 g/mol. The standard InChI is InChI=1S/C13H20/c1-3-4-5-10(2)13-9-11-6-7-12(13)8-11/h3-4,6-7,10-13H,5,8-9H2,1-2H3/b4-3-. The molecule has 2 aliphatic carbocycles. The zero-order valence-corrected chi connectivity index (χ0v) is 8.74. The van der Waals surface area contributed by atoms with Gasteiger partial charge in [-0.3, -0.25) is 0 Å². The Hall–Kier alpha value is -0.520. The van der Waals surface area contributed by atoms with Crippen LogP contribution in [-0.4, -0.2) is 0 Å². The molecular weight excluding hydrogens is 156 g/mol. The monoisotopic (exact) mass is 176 g/mol. The third kappa shape index (κ3) is 1.72. The molecule has 0 aromatic rings. The van der Waals surface area contributed by atoms with E-state index in [-0.39, 0.29) is 0 Å². The van der Waals surface area contributed by atoms with E-state index < -0.39 is 0 Å². The van der Waals surface area contributed by atoms with Gasteiger partial charge in [0.15, 0.2) is 0 Å². The molecule has 0 heteroatoms. The van der Waals surface area contributed by atoms with Crippen LogP contribution in [0, 0.1) is 23.7 Å². The molecule has 0 spiro atoms. The lowest BCUT2D eigenvalue weighted by Gasteiger charge is -2.24. The van der Waals surface area contributed by atoms with E-state index in [9.17, 15) is 0 Å². The van der Waals surface area contributed by atoms with Crippen molar-refractivity contribution in [3.63, 3.8) is 0 Å². The summed E-state index contributed by atoms with van der Waals surface area (Å²) in [4.78, 5) is 0. The van der Waals surface area contributed by atoms with Crippen molar-refractivity contribution in [1.29, 1.82) is 0 Å². The number of allylic oxidation sites excluding steroid dienone is 4. The molecule has 1 fully saturated rings. The van der Waals surface area contributed by atoms with Crippen LogP contribution in [0.1, 0.15) is 33.1 Å².